The molecule has 0 unspecified atom stereocenters. The lowest BCUT2D eigenvalue weighted by Crippen LogP contribution is -2.40. The fraction of sp³-hybridized carbons (Fsp3) is 0.400. The molecule has 0 spiro atoms. The first-order chi connectivity index (χ1) is 10.1. The topological polar surface area (TPSA) is 76.3 Å². The van der Waals surface area contributed by atoms with Gasteiger partial charge in [-0.05, 0) is 37.4 Å². The summed E-state index contributed by atoms with van der Waals surface area (Å²) in [6.07, 6.45) is 4.99. The minimum absolute atomic E-state index is 0.369. The lowest BCUT2D eigenvalue weighted by Gasteiger charge is -2.30. The van der Waals surface area contributed by atoms with Gasteiger partial charge in [0.05, 0.1) is 4.90 Å². The molecule has 5 nitrogen and oxygen atoms in total. The van der Waals surface area contributed by atoms with Gasteiger partial charge >= 0.3 is 0 Å². The summed E-state index contributed by atoms with van der Waals surface area (Å²) in [5, 5.41) is 1.57. The highest BCUT2D eigenvalue weighted by Crippen LogP contribution is 2.28. The number of rotatable bonds is 3. The van der Waals surface area contributed by atoms with E-state index in [0.717, 1.165) is 23.6 Å². The number of nitrogens with zero attached hydrogens (tertiary/aromatic N) is 2. The van der Waals surface area contributed by atoms with Crippen LogP contribution in [0.3, 0.4) is 0 Å². The van der Waals surface area contributed by atoms with Crippen molar-refractivity contribution in [1.82, 2.24) is 9.29 Å². The van der Waals surface area contributed by atoms with Gasteiger partial charge in [-0.1, -0.05) is 12.1 Å². The van der Waals surface area contributed by atoms with E-state index in [0.29, 0.717) is 30.4 Å². The van der Waals surface area contributed by atoms with E-state index in [2.05, 4.69) is 4.98 Å². The van der Waals surface area contributed by atoms with Gasteiger partial charge in [-0.25, -0.2) is 8.42 Å². The molecule has 1 fully saturated rings. The number of sulfonamides is 1. The number of benzene rings is 1. The van der Waals surface area contributed by atoms with Gasteiger partial charge in [0.1, 0.15) is 0 Å². The van der Waals surface area contributed by atoms with Crippen LogP contribution in [0.5, 0.6) is 0 Å². The zero-order valence-corrected chi connectivity index (χ0v) is 12.6. The van der Waals surface area contributed by atoms with E-state index < -0.39 is 10.0 Å². The van der Waals surface area contributed by atoms with Crippen LogP contribution in [-0.4, -0.2) is 37.3 Å². The maximum absolute atomic E-state index is 12.9. The van der Waals surface area contributed by atoms with Crippen molar-refractivity contribution < 1.29 is 8.42 Å². The van der Waals surface area contributed by atoms with Crippen LogP contribution in [0.1, 0.15) is 12.8 Å². The van der Waals surface area contributed by atoms with Crippen molar-refractivity contribution in [2.75, 3.05) is 19.6 Å². The summed E-state index contributed by atoms with van der Waals surface area (Å²) in [6.45, 7) is 1.73. The predicted octanol–water partition coefficient (Wildman–Crippen LogP) is 1.59. The SMILES string of the molecule is NCC1CCN(S(=O)(=O)c2cccc3cnccc23)CC1. The number of hydrogen-bond acceptors (Lipinski definition) is 4. The molecule has 2 heterocycles. The molecule has 0 atom stereocenters. The minimum atomic E-state index is -3.46. The number of fused-ring (bicyclic) bond motifs is 1. The molecule has 21 heavy (non-hydrogen) atoms. The van der Waals surface area contributed by atoms with Crippen LogP contribution in [0.15, 0.2) is 41.6 Å². The largest absolute Gasteiger partial charge is 0.330 e. The Balaban J connectivity index is 1.98. The average molecular weight is 305 g/mol. The Morgan fingerprint density at radius 1 is 1.24 bits per heavy atom. The molecule has 3 rings (SSSR count). The maximum Gasteiger partial charge on any atom is 0.243 e. The molecule has 1 aromatic heterocycles. The molecule has 0 saturated carbocycles. The second kappa shape index (κ2) is 5.71. The highest BCUT2D eigenvalue weighted by Gasteiger charge is 2.29. The summed E-state index contributed by atoms with van der Waals surface area (Å²) in [5.74, 6) is 0.438. The summed E-state index contributed by atoms with van der Waals surface area (Å²) in [5.41, 5.74) is 5.67. The zero-order chi connectivity index (χ0) is 14.9. The third-order valence-electron chi connectivity index (χ3n) is 4.17. The van der Waals surface area contributed by atoms with Crippen molar-refractivity contribution >= 4 is 20.8 Å². The Labute approximate surface area is 124 Å². The van der Waals surface area contributed by atoms with Crippen LogP contribution in [0.25, 0.3) is 10.8 Å². The fourth-order valence-corrected chi connectivity index (χ4v) is 4.53. The molecule has 112 valence electrons. The van der Waals surface area contributed by atoms with E-state index in [1.54, 1.807) is 34.9 Å². The molecule has 0 aliphatic carbocycles. The van der Waals surface area contributed by atoms with Gasteiger partial charge in [-0.15, -0.1) is 0 Å². The van der Waals surface area contributed by atoms with E-state index in [1.165, 1.54) is 0 Å². The van der Waals surface area contributed by atoms with E-state index in [-0.39, 0.29) is 0 Å². The van der Waals surface area contributed by atoms with Gasteiger partial charge in [0.25, 0.3) is 0 Å². The molecule has 0 radical (unpaired) electrons. The number of hydrogen-bond donors (Lipinski definition) is 1. The molecule has 1 aromatic carbocycles. The molecule has 1 aliphatic heterocycles. The zero-order valence-electron chi connectivity index (χ0n) is 11.8. The summed E-state index contributed by atoms with van der Waals surface area (Å²) in [6, 6.07) is 7.08. The lowest BCUT2D eigenvalue weighted by molar-refractivity contribution is 0.278. The second-order valence-electron chi connectivity index (χ2n) is 5.44. The standard InChI is InChI=1S/C15H19N3O2S/c16-10-12-5-8-18(9-6-12)21(19,20)15-3-1-2-13-11-17-7-4-14(13)15/h1-4,7,11-12H,5-6,8-10,16H2. The average Bonchev–Trinajstić information content (AvgIpc) is 2.54. The van der Waals surface area contributed by atoms with Gasteiger partial charge < -0.3 is 5.73 Å². The Hall–Kier alpha value is -1.50. The molecule has 1 aliphatic rings. The van der Waals surface area contributed by atoms with Crippen LogP contribution < -0.4 is 5.73 Å². The third-order valence-corrected chi connectivity index (χ3v) is 6.12. The summed E-state index contributed by atoms with van der Waals surface area (Å²) >= 11 is 0. The van der Waals surface area contributed by atoms with Gasteiger partial charge in [-0.2, -0.15) is 4.31 Å². The Morgan fingerprint density at radius 2 is 2.00 bits per heavy atom. The summed E-state index contributed by atoms with van der Waals surface area (Å²) in [7, 11) is -3.46. The van der Waals surface area contributed by atoms with E-state index in [9.17, 15) is 8.42 Å². The normalized spacial score (nSPS) is 18.1. The predicted molar refractivity (Wildman–Crippen MR) is 82.3 cm³/mol. The van der Waals surface area contributed by atoms with Crippen molar-refractivity contribution in [2.24, 2.45) is 11.7 Å². The van der Waals surface area contributed by atoms with E-state index >= 15 is 0 Å². The first-order valence-electron chi connectivity index (χ1n) is 7.16. The summed E-state index contributed by atoms with van der Waals surface area (Å²) in [4.78, 5) is 4.42. The van der Waals surface area contributed by atoms with Crippen LogP contribution in [0.2, 0.25) is 0 Å². The molecule has 6 heteroatoms. The number of nitrogens with two attached hydrogens (primary N) is 1. The molecular formula is C15H19N3O2S. The monoisotopic (exact) mass is 305 g/mol. The van der Waals surface area contributed by atoms with Gasteiger partial charge in [0, 0.05) is 36.3 Å². The Bertz CT molecular complexity index is 732. The first kappa shape index (κ1) is 14.4. The third kappa shape index (κ3) is 2.66. The summed E-state index contributed by atoms with van der Waals surface area (Å²) < 4.78 is 27.3. The Morgan fingerprint density at radius 3 is 2.71 bits per heavy atom. The van der Waals surface area contributed by atoms with Crippen molar-refractivity contribution in [2.45, 2.75) is 17.7 Å². The number of aromatic nitrogens is 1. The van der Waals surface area contributed by atoms with Gasteiger partial charge in [-0.3, -0.25) is 4.98 Å². The van der Waals surface area contributed by atoms with Gasteiger partial charge in [0.2, 0.25) is 10.0 Å². The van der Waals surface area contributed by atoms with Crippen LogP contribution >= 0.6 is 0 Å². The molecule has 0 bridgehead atoms. The first-order valence-corrected chi connectivity index (χ1v) is 8.60. The van der Waals surface area contributed by atoms with Crippen molar-refractivity contribution in [3.8, 4) is 0 Å². The molecular weight excluding hydrogens is 286 g/mol. The van der Waals surface area contributed by atoms with E-state index in [4.69, 9.17) is 5.73 Å². The quantitative estimate of drug-likeness (QED) is 0.934. The smallest absolute Gasteiger partial charge is 0.243 e. The van der Waals surface area contributed by atoms with Crippen LogP contribution in [0, 0.1) is 5.92 Å². The molecule has 2 N–H and O–H groups in total. The van der Waals surface area contributed by atoms with Crippen LogP contribution in [-0.2, 0) is 10.0 Å². The molecule has 1 saturated heterocycles. The highest BCUT2D eigenvalue weighted by molar-refractivity contribution is 7.89. The maximum atomic E-state index is 12.9. The molecule has 0 amide bonds. The molecule has 2 aromatic rings. The van der Waals surface area contributed by atoms with Crippen molar-refractivity contribution in [3.05, 3.63) is 36.7 Å². The second-order valence-corrected chi connectivity index (χ2v) is 7.34. The number of piperidine rings is 1. The van der Waals surface area contributed by atoms with E-state index in [1.807, 2.05) is 6.07 Å². The van der Waals surface area contributed by atoms with Crippen LogP contribution in [0.4, 0.5) is 0 Å². The van der Waals surface area contributed by atoms with Crippen molar-refractivity contribution in [3.63, 3.8) is 0 Å². The highest BCUT2D eigenvalue weighted by atomic mass is 32.2. The van der Waals surface area contributed by atoms with Gasteiger partial charge in [0.15, 0.2) is 0 Å². The fourth-order valence-electron chi connectivity index (χ4n) is 2.84. The number of pyridine rings is 1. The Kier molecular flexibility index (Phi) is 3.93. The van der Waals surface area contributed by atoms with Crippen molar-refractivity contribution in [1.29, 1.82) is 0 Å². The lowest BCUT2D eigenvalue weighted by atomic mass is 9.99. The minimum Gasteiger partial charge on any atom is -0.330 e.